The fraction of sp³-hybridized carbons (Fsp3) is 0.176. The number of halogens is 1. The van der Waals surface area contributed by atoms with E-state index in [1.807, 2.05) is 42.5 Å². The number of hydrogen-bond acceptors (Lipinski definition) is 3. The highest BCUT2D eigenvalue weighted by Gasteiger charge is 2.13. The van der Waals surface area contributed by atoms with Gasteiger partial charge in [0, 0.05) is 16.1 Å². The Hall–Kier alpha value is -2.17. The Morgan fingerprint density at radius 3 is 2.45 bits per heavy atom. The maximum Gasteiger partial charge on any atom is 0.282 e. The van der Waals surface area contributed by atoms with Crippen LogP contribution in [-0.2, 0) is 13.1 Å². The first-order valence-corrected chi connectivity index (χ1v) is 7.52. The summed E-state index contributed by atoms with van der Waals surface area (Å²) in [6.07, 6.45) is 0. The molecule has 22 heavy (non-hydrogen) atoms. The normalized spacial score (nSPS) is 12.3. The van der Waals surface area contributed by atoms with Crippen LogP contribution in [0.4, 0.5) is 0 Å². The highest BCUT2D eigenvalue weighted by atomic mass is 35.5. The molecule has 0 fully saturated rings. The molecule has 0 aliphatic carbocycles. The van der Waals surface area contributed by atoms with Crippen LogP contribution in [0.25, 0.3) is 11.4 Å². The zero-order valence-electron chi connectivity index (χ0n) is 12.3. The molecule has 0 bridgehead atoms. The summed E-state index contributed by atoms with van der Waals surface area (Å²) < 4.78 is 5.34. The van der Waals surface area contributed by atoms with Gasteiger partial charge in [0.2, 0.25) is 5.82 Å². The van der Waals surface area contributed by atoms with Gasteiger partial charge in [-0.25, -0.2) is 0 Å². The minimum Gasteiger partial charge on any atom is -0.333 e. The van der Waals surface area contributed by atoms with E-state index in [1.54, 1.807) is 0 Å². The number of quaternary nitrogens is 1. The Morgan fingerprint density at radius 2 is 1.73 bits per heavy atom. The van der Waals surface area contributed by atoms with Crippen molar-refractivity contribution in [3.63, 3.8) is 0 Å². The van der Waals surface area contributed by atoms with Gasteiger partial charge in [-0.1, -0.05) is 47.1 Å². The van der Waals surface area contributed by atoms with E-state index in [2.05, 4.69) is 29.3 Å². The molecule has 1 unspecified atom stereocenters. The molecule has 1 aromatic heterocycles. The van der Waals surface area contributed by atoms with Gasteiger partial charge in [-0.05, 0) is 24.3 Å². The van der Waals surface area contributed by atoms with Crippen molar-refractivity contribution in [2.45, 2.75) is 13.1 Å². The largest absolute Gasteiger partial charge is 0.333 e. The van der Waals surface area contributed by atoms with E-state index in [9.17, 15) is 0 Å². The molecule has 2 aromatic carbocycles. The summed E-state index contributed by atoms with van der Waals surface area (Å²) in [5.74, 6) is 1.23. The van der Waals surface area contributed by atoms with E-state index < -0.39 is 0 Å². The van der Waals surface area contributed by atoms with Gasteiger partial charge in [0.15, 0.2) is 6.54 Å². The smallest absolute Gasteiger partial charge is 0.282 e. The molecule has 0 aliphatic heterocycles. The lowest BCUT2D eigenvalue weighted by Gasteiger charge is -2.11. The summed E-state index contributed by atoms with van der Waals surface area (Å²) in [4.78, 5) is 5.74. The zero-order chi connectivity index (χ0) is 15.4. The molecule has 1 atom stereocenters. The molecule has 5 heteroatoms. The summed E-state index contributed by atoms with van der Waals surface area (Å²) in [5, 5.41) is 4.73. The van der Waals surface area contributed by atoms with Crippen molar-refractivity contribution in [1.29, 1.82) is 0 Å². The summed E-state index contributed by atoms with van der Waals surface area (Å²) >= 11 is 5.88. The molecule has 0 saturated heterocycles. The quantitative estimate of drug-likeness (QED) is 0.787. The van der Waals surface area contributed by atoms with Gasteiger partial charge < -0.3 is 9.42 Å². The van der Waals surface area contributed by atoms with Crippen molar-refractivity contribution in [1.82, 2.24) is 10.1 Å². The van der Waals surface area contributed by atoms with E-state index >= 15 is 0 Å². The van der Waals surface area contributed by atoms with Gasteiger partial charge in [-0.15, -0.1) is 0 Å². The van der Waals surface area contributed by atoms with Crippen molar-refractivity contribution < 1.29 is 9.42 Å². The second-order valence-electron chi connectivity index (χ2n) is 5.31. The van der Waals surface area contributed by atoms with Gasteiger partial charge in [-0.3, -0.25) is 0 Å². The topological polar surface area (TPSA) is 43.4 Å². The van der Waals surface area contributed by atoms with Gasteiger partial charge in [0.1, 0.15) is 6.54 Å². The molecule has 3 rings (SSSR count). The van der Waals surface area contributed by atoms with E-state index in [0.29, 0.717) is 23.3 Å². The molecule has 0 aliphatic rings. The molecular weight excluding hydrogens is 298 g/mol. The fourth-order valence-corrected chi connectivity index (χ4v) is 2.43. The number of aromatic nitrogens is 2. The SMILES string of the molecule is C[NH+](Cc1ccccc1)Cc1nc(-c2ccc(Cl)cc2)no1. The summed E-state index contributed by atoms with van der Waals surface area (Å²) in [6.45, 7) is 1.61. The van der Waals surface area contributed by atoms with Crippen LogP contribution in [0.1, 0.15) is 11.5 Å². The maximum atomic E-state index is 5.88. The van der Waals surface area contributed by atoms with Crippen LogP contribution in [-0.4, -0.2) is 17.2 Å². The van der Waals surface area contributed by atoms with Crippen LogP contribution in [0.2, 0.25) is 5.02 Å². The average molecular weight is 315 g/mol. The number of rotatable bonds is 5. The molecule has 4 nitrogen and oxygen atoms in total. The van der Waals surface area contributed by atoms with Crippen LogP contribution in [0.3, 0.4) is 0 Å². The molecule has 0 spiro atoms. The third-order valence-electron chi connectivity index (χ3n) is 3.37. The maximum absolute atomic E-state index is 5.88. The second-order valence-corrected chi connectivity index (χ2v) is 5.75. The van der Waals surface area contributed by atoms with Gasteiger partial charge in [0.05, 0.1) is 7.05 Å². The van der Waals surface area contributed by atoms with Crippen LogP contribution >= 0.6 is 11.6 Å². The van der Waals surface area contributed by atoms with Gasteiger partial charge in [0.25, 0.3) is 5.89 Å². The Kier molecular flexibility index (Phi) is 4.51. The first kappa shape index (κ1) is 14.8. The molecular formula is C17H17ClN3O+. The Morgan fingerprint density at radius 1 is 1.00 bits per heavy atom. The summed E-state index contributed by atoms with van der Waals surface area (Å²) in [6, 6.07) is 17.8. The van der Waals surface area contributed by atoms with E-state index in [4.69, 9.17) is 16.1 Å². The summed E-state index contributed by atoms with van der Waals surface area (Å²) in [5.41, 5.74) is 2.19. The number of nitrogens with one attached hydrogen (secondary N) is 1. The Bertz CT molecular complexity index is 725. The van der Waals surface area contributed by atoms with Crippen molar-refractivity contribution >= 4 is 11.6 Å². The molecule has 0 radical (unpaired) electrons. The first-order chi connectivity index (χ1) is 10.7. The lowest BCUT2D eigenvalue weighted by atomic mass is 10.2. The highest BCUT2D eigenvalue weighted by Crippen LogP contribution is 2.18. The predicted molar refractivity (Wildman–Crippen MR) is 85.5 cm³/mol. The van der Waals surface area contributed by atoms with Crippen LogP contribution in [0, 0.1) is 0 Å². The number of nitrogens with zero attached hydrogens (tertiary/aromatic N) is 2. The number of benzene rings is 2. The first-order valence-electron chi connectivity index (χ1n) is 7.14. The van der Waals surface area contributed by atoms with Crippen LogP contribution in [0.15, 0.2) is 59.1 Å². The number of hydrogen-bond donors (Lipinski definition) is 1. The third-order valence-corrected chi connectivity index (χ3v) is 3.62. The average Bonchev–Trinajstić information content (AvgIpc) is 2.97. The summed E-state index contributed by atoms with van der Waals surface area (Å²) in [7, 11) is 2.11. The zero-order valence-corrected chi connectivity index (χ0v) is 13.0. The van der Waals surface area contributed by atoms with E-state index in [-0.39, 0.29) is 0 Å². The van der Waals surface area contributed by atoms with Crippen molar-refractivity contribution in [3.05, 3.63) is 71.1 Å². The van der Waals surface area contributed by atoms with Gasteiger partial charge in [-0.2, -0.15) is 4.98 Å². The molecule has 3 aromatic rings. The van der Waals surface area contributed by atoms with Crippen molar-refractivity contribution in [2.75, 3.05) is 7.05 Å². The lowest BCUT2D eigenvalue weighted by Crippen LogP contribution is -3.06. The lowest BCUT2D eigenvalue weighted by molar-refractivity contribution is -0.909. The monoisotopic (exact) mass is 314 g/mol. The highest BCUT2D eigenvalue weighted by molar-refractivity contribution is 6.30. The predicted octanol–water partition coefficient (Wildman–Crippen LogP) is 2.60. The van der Waals surface area contributed by atoms with Gasteiger partial charge >= 0.3 is 0 Å². The fourth-order valence-electron chi connectivity index (χ4n) is 2.31. The second kappa shape index (κ2) is 6.73. The van der Waals surface area contributed by atoms with Crippen LogP contribution < -0.4 is 4.90 Å². The minimum atomic E-state index is 0.596. The third kappa shape index (κ3) is 3.72. The molecule has 0 amide bonds. The van der Waals surface area contributed by atoms with Crippen LogP contribution in [0.5, 0.6) is 0 Å². The Balaban J connectivity index is 1.65. The standard InChI is InChI=1S/C17H16ClN3O/c1-21(11-13-5-3-2-4-6-13)12-16-19-17(20-22-16)14-7-9-15(18)10-8-14/h2-10H,11-12H2,1H3/p+1. The van der Waals surface area contributed by atoms with Crippen molar-refractivity contribution in [2.24, 2.45) is 0 Å². The Labute approximate surface area is 134 Å². The van der Waals surface area contributed by atoms with E-state index in [1.165, 1.54) is 10.5 Å². The molecule has 0 saturated carbocycles. The van der Waals surface area contributed by atoms with Crippen molar-refractivity contribution in [3.8, 4) is 11.4 Å². The van der Waals surface area contributed by atoms with E-state index in [0.717, 1.165) is 12.1 Å². The minimum absolute atomic E-state index is 0.596. The molecule has 1 heterocycles. The molecule has 112 valence electrons. The molecule has 1 N–H and O–H groups in total.